The van der Waals surface area contributed by atoms with Gasteiger partial charge < -0.3 is 15.6 Å². The maximum atomic E-state index is 12.7. The van der Waals surface area contributed by atoms with Crippen LogP contribution in [0.1, 0.15) is 23.2 Å². The summed E-state index contributed by atoms with van der Waals surface area (Å²) >= 11 is 0. The van der Waals surface area contributed by atoms with Gasteiger partial charge in [0.2, 0.25) is 0 Å². The minimum Gasteiger partial charge on any atom is -0.494 e. The molecule has 1 rings (SSSR count). The summed E-state index contributed by atoms with van der Waals surface area (Å²) < 4.78 is 30.2. The molecule has 0 amide bonds. The Labute approximate surface area is 96.2 Å². The number of nitrogens with two attached hydrogens (primary N) is 1. The predicted octanol–water partition coefficient (Wildman–Crippen LogP) is 1.11. The van der Waals surface area contributed by atoms with Crippen molar-refractivity contribution in [3.63, 3.8) is 0 Å². The zero-order chi connectivity index (χ0) is 13.0. The number of halogens is 2. The van der Waals surface area contributed by atoms with Gasteiger partial charge >= 0.3 is 5.97 Å². The smallest absolute Gasteiger partial charge is 0.309 e. The number of carbonyl (C=O) groups is 1. The van der Waals surface area contributed by atoms with E-state index in [0.29, 0.717) is 0 Å². The molecule has 0 spiro atoms. The molecule has 0 aromatic carbocycles. The normalized spacial score (nSPS) is 10.6. The second kappa shape index (κ2) is 5.53. The van der Waals surface area contributed by atoms with Crippen LogP contribution in [0.2, 0.25) is 0 Å². The van der Waals surface area contributed by atoms with Gasteiger partial charge in [0.25, 0.3) is 6.43 Å². The number of nitrogens with zero attached hydrogens (tertiary/aromatic N) is 1. The van der Waals surface area contributed by atoms with Crippen LogP contribution in [0.25, 0.3) is 0 Å². The number of carboxylic acids is 1. The number of aromatic nitrogens is 1. The second-order valence-electron chi connectivity index (χ2n) is 3.25. The van der Waals surface area contributed by atoms with E-state index in [0.717, 1.165) is 6.20 Å². The highest BCUT2D eigenvalue weighted by atomic mass is 19.3. The molecule has 17 heavy (non-hydrogen) atoms. The summed E-state index contributed by atoms with van der Waals surface area (Å²) in [6.07, 6.45) is -2.19. The lowest BCUT2D eigenvalue weighted by molar-refractivity contribution is -0.136. The molecule has 0 aliphatic heterocycles. The Morgan fingerprint density at radius 1 is 1.65 bits per heavy atom. The molecule has 7 heteroatoms. The van der Waals surface area contributed by atoms with E-state index in [-0.39, 0.29) is 29.1 Å². The highest BCUT2D eigenvalue weighted by Crippen LogP contribution is 2.31. The largest absolute Gasteiger partial charge is 0.494 e. The van der Waals surface area contributed by atoms with Crippen LogP contribution in [-0.2, 0) is 17.8 Å². The maximum absolute atomic E-state index is 12.7. The van der Waals surface area contributed by atoms with E-state index < -0.39 is 18.8 Å². The quantitative estimate of drug-likeness (QED) is 0.812. The number of aliphatic carboxylic acids is 1. The molecule has 1 heterocycles. The lowest BCUT2D eigenvalue weighted by atomic mass is 10.1. The Hall–Kier alpha value is -1.76. The van der Waals surface area contributed by atoms with Gasteiger partial charge in [-0.25, -0.2) is 8.78 Å². The van der Waals surface area contributed by atoms with Gasteiger partial charge in [0.15, 0.2) is 0 Å². The molecule has 1 aromatic rings. The SMILES string of the molecule is COc1c(CC(=O)O)ncc(C(F)F)c1CN. The average molecular weight is 246 g/mol. The molecule has 1 aromatic heterocycles. The van der Waals surface area contributed by atoms with Crippen molar-refractivity contribution < 1.29 is 23.4 Å². The molecule has 3 N–H and O–H groups in total. The minimum absolute atomic E-state index is 0.0210. The monoisotopic (exact) mass is 246 g/mol. The van der Waals surface area contributed by atoms with E-state index in [9.17, 15) is 13.6 Å². The summed E-state index contributed by atoms with van der Waals surface area (Å²) in [6, 6.07) is 0. The molecule has 94 valence electrons. The third kappa shape index (κ3) is 2.88. The van der Waals surface area contributed by atoms with Crippen molar-refractivity contribution in [2.75, 3.05) is 7.11 Å². The first-order chi connectivity index (χ1) is 8.01. The summed E-state index contributed by atoms with van der Waals surface area (Å²) in [5.74, 6) is -1.10. The van der Waals surface area contributed by atoms with Crippen molar-refractivity contribution in [3.05, 3.63) is 23.0 Å². The summed E-state index contributed by atoms with van der Waals surface area (Å²) in [5.41, 5.74) is 5.22. The van der Waals surface area contributed by atoms with Gasteiger partial charge in [0.1, 0.15) is 5.75 Å². The van der Waals surface area contributed by atoms with Crippen molar-refractivity contribution >= 4 is 5.97 Å². The van der Waals surface area contributed by atoms with E-state index in [1.165, 1.54) is 7.11 Å². The molecule has 0 fully saturated rings. The number of rotatable bonds is 5. The van der Waals surface area contributed by atoms with Gasteiger partial charge in [0.05, 0.1) is 19.2 Å². The minimum atomic E-state index is -2.73. The van der Waals surface area contributed by atoms with Crippen LogP contribution in [0.4, 0.5) is 8.78 Å². The van der Waals surface area contributed by atoms with Crippen LogP contribution in [0, 0.1) is 0 Å². The first kappa shape index (κ1) is 13.3. The third-order valence-corrected chi connectivity index (χ3v) is 2.21. The summed E-state index contributed by atoms with van der Waals surface area (Å²) in [5, 5.41) is 8.65. The predicted molar refractivity (Wildman–Crippen MR) is 55.0 cm³/mol. The van der Waals surface area contributed by atoms with Crippen molar-refractivity contribution in [2.24, 2.45) is 5.73 Å². The lowest BCUT2D eigenvalue weighted by Crippen LogP contribution is -2.11. The fourth-order valence-electron chi connectivity index (χ4n) is 1.50. The molecule has 0 saturated heterocycles. The van der Waals surface area contributed by atoms with E-state index in [4.69, 9.17) is 15.6 Å². The van der Waals surface area contributed by atoms with E-state index in [1.807, 2.05) is 0 Å². The molecule has 0 aliphatic carbocycles. The second-order valence-corrected chi connectivity index (χ2v) is 3.25. The van der Waals surface area contributed by atoms with Crippen molar-refractivity contribution in [3.8, 4) is 5.75 Å². The van der Waals surface area contributed by atoms with Crippen molar-refractivity contribution in [1.29, 1.82) is 0 Å². The number of pyridine rings is 1. The molecule has 0 bridgehead atoms. The van der Waals surface area contributed by atoms with Crippen LogP contribution in [0.15, 0.2) is 6.20 Å². The topological polar surface area (TPSA) is 85.4 Å². The van der Waals surface area contributed by atoms with E-state index in [2.05, 4.69) is 4.98 Å². The highest BCUT2D eigenvalue weighted by molar-refractivity contribution is 5.71. The maximum Gasteiger partial charge on any atom is 0.309 e. The van der Waals surface area contributed by atoms with Crippen LogP contribution in [0.3, 0.4) is 0 Å². The van der Waals surface area contributed by atoms with E-state index in [1.54, 1.807) is 0 Å². The standard InChI is InChI=1S/C10H12F2N2O3/c1-17-9-5(3-13)6(10(11)12)4-14-7(9)2-8(15)16/h4,10H,2-3,13H2,1H3,(H,15,16). The van der Waals surface area contributed by atoms with Gasteiger partial charge in [-0.3, -0.25) is 9.78 Å². The fraction of sp³-hybridized carbons (Fsp3) is 0.400. The van der Waals surface area contributed by atoms with Crippen LogP contribution in [-0.4, -0.2) is 23.2 Å². The van der Waals surface area contributed by atoms with Crippen molar-refractivity contribution in [2.45, 2.75) is 19.4 Å². The molecular formula is C10H12F2N2O3. The van der Waals surface area contributed by atoms with Gasteiger partial charge in [-0.2, -0.15) is 0 Å². The molecule has 0 saturated carbocycles. The lowest BCUT2D eigenvalue weighted by Gasteiger charge is -2.14. The Morgan fingerprint density at radius 2 is 2.29 bits per heavy atom. The number of methoxy groups -OCH3 is 1. The Kier molecular flexibility index (Phi) is 4.33. The van der Waals surface area contributed by atoms with E-state index >= 15 is 0 Å². The molecule has 0 aliphatic rings. The van der Waals surface area contributed by atoms with Crippen LogP contribution in [0.5, 0.6) is 5.75 Å². The Morgan fingerprint density at radius 3 is 2.71 bits per heavy atom. The zero-order valence-electron chi connectivity index (χ0n) is 9.11. The molecule has 0 atom stereocenters. The highest BCUT2D eigenvalue weighted by Gasteiger charge is 2.21. The number of hydrogen-bond acceptors (Lipinski definition) is 4. The molecule has 0 unspecified atom stereocenters. The van der Waals surface area contributed by atoms with Crippen molar-refractivity contribution in [1.82, 2.24) is 4.98 Å². The Bertz CT molecular complexity index is 424. The van der Waals surface area contributed by atoms with Gasteiger partial charge in [-0.15, -0.1) is 0 Å². The number of carboxylic acid groups (broad SMARTS) is 1. The number of hydrogen-bond donors (Lipinski definition) is 2. The molecule has 0 radical (unpaired) electrons. The van der Waals surface area contributed by atoms with Crippen LogP contribution < -0.4 is 10.5 Å². The van der Waals surface area contributed by atoms with Gasteiger partial charge in [-0.1, -0.05) is 0 Å². The number of ether oxygens (including phenoxy) is 1. The molecule has 5 nitrogen and oxygen atoms in total. The first-order valence-corrected chi connectivity index (χ1v) is 4.75. The van der Waals surface area contributed by atoms with Gasteiger partial charge in [-0.05, 0) is 0 Å². The van der Waals surface area contributed by atoms with Crippen LogP contribution >= 0.6 is 0 Å². The summed E-state index contributed by atoms with van der Waals surface area (Å²) in [4.78, 5) is 14.3. The summed E-state index contributed by atoms with van der Waals surface area (Å²) in [7, 11) is 1.26. The average Bonchev–Trinajstić information content (AvgIpc) is 2.26. The first-order valence-electron chi connectivity index (χ1n) is 4.75. The third-order valence-electron chi connectivity index (χ3n) is 2.21. The molecular weight excluding hydrogens is 234 g/mol. The Balaban J connectivity index is 3.32. The zero-order valence-corrected chi connectivity index (χ0v) is 9.11. The van der Waals surface area contributed by atoms with Gasteiger partial charge in [0, 0.05) is 23.9 Å². The number of alkyl halides is 2. The fourth-order valence-corrected chi connectivity index (χ4v) is 1.50. The summed E-state index contributed by atoms with van der Waals surface area (Å²) in [6.45, 7) is -0.169.